The van der Waals surface area contributed by atoms with Gasteiger partial charge in [-0.15, -0.1) is 0 Å². The Balaban J connectivity index is 1.42. The van der Waals surface area contributed by atoms with Gasteiger partial charge >= 0.3 is 0 Å². The van der Waals surface area contributed by atoms with Crippen LogP contribution < -0.4 is 10.0 Å². The van der Waals surface area contributed by atoms with Gasteiger partial charge in [-0.1, -0.05) is 6.92 Å². The van der Waals surface area contributed by atoms with Gasteiger partial charge in [-0.05, 0) is 35.4 Å². The fourth-order valence-electron chi connectivity index (χ4n) is 4.61. The molecule has 0 unspecified atom stereocenters. The van der Waals surface area contributed by atoms with Crippen LogP contribution in [0, 0.1) is 11.6 Å². The van der Waals surface area contributed by atoms with Gasteiger partial charge < -0.3 is 10.3 Å². The first-order valence-corrected chi connectivity index (χ1v) is 14.8. The summed E-state index contributed by atoms with van der Waals surface area (Å²) in [6.45, 7) is 1.62. The number of H-pyrrole nitrogens is 2. The number of aromatic amines is 2. The van der Waals surface area contributed by atoms with E-state index in [0.29, 0.717) is 44.5 Å². The van der Waals surface area contributed by atoms with Gasteiger partial charge in [0.2, 0.25) is 15.9 Å². The summed E-state index contributed by atoms with van der Waals surface area (Å²) in [6.07, 6.45) is 8.67. The number of pyridine rings is 3. The van der Waals surface area contributed by atoms with Crippen LogP contribution in [-0.2, 0) is 21.4 Å². The minimum Gasteiger partial charge on any atom is -0.335 e. The highest BCUT2D eigenvalue weighted by atomic mass is 32.2. The molecule has 15 heteroatoms. The molecular weight excluding hydrogens is 580 g/mol. The Labute approximate surface area is 243 Å². The number of amides is 1. The van der Waals surface area contributed by atoms with Crippen molar-refractivity contribution in [2.24, 2.45) is 0 Å². The third-order valence-electron chi connectivity index (χ3n) is 6.59. The second kappa shape index (κ2) is 10.9. The number of nitrogens with one attached hydrogen (secondary N) is 4. The minimum absolute atomic E-state index is 0.00343. The number of nitrogens with zero attached hydrogens (tertiary/aromatic N) is 5. The average Bonchev–Trinajstić information content (AvgIpc) is 3.60. The molecule has 0 aliphatic rings. The second-order valence-corrected chi connectivity index (χ2v) is 11.6. The number of benzene rings is 1. The number of carbonyl (C=O) groups is 1. The molecule has 43 heavy (non-hydrogen) atoms. The molecule has 6 rings (SSSR count). The summed E-state index contributed by atoms with van der Waals surface area (Å²) in [5.41, 5.74) is 3.48. The van der Waals surface area contributed by atoms with Gasteiger partial charge in [-0.2, -0.15) is 5.10 Å². The van der Waals surface area contributed by atoms with Crippen LogP contribution in [0.15, 0.2) is 55.2 Å². The molecule has 0 fully saturated rings. The van der Waals surface area contributed by atoms with Crippen LogP contribution in [0.1, 0.15) is 18.9 Å². The van der Waals surface area contributed by atoms with Crippen molar-refractivity contribution in [2.45, 2.75) is 19.9 Å². The second-order valence-electron chi connectivity index (χ2n) is 9.76. The van der Waals surface area contributed by atoms with E-state index in [1.54, 1.807) is 19.1 Å². The van der Waals surface area contributed by atoms with Gasteiger partial charge in [0.1, 0.15) is 17.2 Å². The van der Waals surface area contributed by atoms with E-state index in [-0.39, 0.29) is 41.5 Å². The van der Waals surface area contributed by atoms with E-state index in [4.69, 9.17) is 0 Å². The normalized spacial score (nSPS) is 11.8. The molecule has 0 aliphatic carbocycles. The number of sulfonamides is 1. The first-order valence-electron chi connectivity index (χ1n) is 13.0. The summed E-state index contributed by atoms with van der Waals surface area (Å²) in [5, 5.41) is 9.89. The molecule has 6 aromatic rings. The van der Waals surface area contributed by atoms with E-state index >= 15 is 4.39 Å². The Kier molecular flexibility index (Phi) is 7.11. The van der Waals surface area contributed by atoms with Crippen LogP contribution in [0.2, 0.25) is 0 Å². The fourth-order valence-corrected chi connectivity index (χ4v) is 5.04. The van der Waals surface area contributed by atoms with E-state index in [0.717, 1.165) is 6.26 Å². The monoisotopic (exact) mass is 603 g/mol. The van der Waals surface area contributed by atoms with Crippen LogP contribution in [-0.4, -0.2) is 55.7 Å². The number of hydrogen-bond donors (Lipinski definition) is 4. The number of aromatic nitrogens is 7. The number of anilines is 1. The number of imidazole rings is 1. The Morgan fingerprint density at radius 3 is 2.56 bits per heavy atom. The lowest BCUT2D eigenvalue weighted by atomic mass is 10.0. The molecule has 0 saturated carbocycles. The highest BCUT2D eigenvalue weighted by Crippen LogP contribution is 2.35. The van der Waals surface area contributed by atoms with Crippen molar-refractivity contribution in [3.05, 3.63) is 72.4 Å². The van der Waals surface area contributed by atoms with E-state index in [1.807, 2.05) is 0 Å². The topological polar surface area (TPSA) is 171 Å². The zero-order valence-corrected chi connectivity index (χ0v) is 23.6. The zero-order chi connectivity index (χ0) is 30.3. The highest BCUT2D eigenvalue weighted by molar-refractivity contribution is 7.88. The Morgan fingerprint density at radius 1 is 0.953 bits per heavy atom. The Morgan fingerprint density at radius 2 is 1.77 bits per heavy atom. The van der Waals surface area contributed by atoms with E-state index in [1.165, 1.54) is 43.1 Å². The van der Waals surface area contributed by atoms with Crippen LogP contribution in [0.5, 0.6) is 0 Å². The standard InChI is InChI=1S/C28H23F2N9O3S/c1-3-22(40)35-18-7-16(9-31-10-18)25-24(30)23-20(13-33-25)38-39-27(23)28-36-21-12-32-11-19(26(21)37-28)15-4-14(5-17(29)6-15)8-34-43(2,41)42/h4-7,9-13,34H,3,8H2,1-2H3,(H,35,40)(H,36,37)(H,38,39). The largest absolute Gasteiger partial charge is 0.335 e. The summed E-state index contributed by atoms with van der Waals surface area (Å²) in [5.74, 6) is -1.22. The van der Waals surface area contributed by atoms with E-state index < -0.39 is 21.7 Å². The lowest BCUT2D eigenvalue weighted by Crippen LogP contribution is -2.21. The molecule has 0 spiro atoms. The molecule has 12 nitrogen and oxygen atoms in total. The molecule has 0 saturated heterocycles. The first kappa shape index (κ1) is 28.0. The quantitative estimate of drug-likeness (QED) is 0.199. The van der Waals surface area contributed by atoms with Gasteiger partial charge in [0.15, 0.2) is 11.6 Å². The molecule has 5 aromatic heterocycles. The van der Waals surface area contributed by atoms with Gasteiger partial charge in [-0.3, -0.25) is 24.8 Å². The van der Waals surface area contributed by atoms with E-state index in [9.17, 15) is 17.6 Å². The molecule has 5 heterocycles. The maximum Gasteiger partial charge on any atom is 0.224 e. The van der Waals surface area contributed by atoms with Crippen molar-refractivity contribution in [2.75, 3.05) is 11.6 Å². The van der Waals surface area contributed by atoms with Crippen molar-refractivity contribution in [3.63, 3.8) is 0 Å². The SMILES string of the molecule is CCC(=O)Nc1cncc(-c2ncc3[nH]nc(-c4nc5c(-c6cc(F)cc(CNS(C)(=O)=O)c6)cncc5[nH]4)c3c2F)c1. The maximum atomic E-state index is 16.1. The van der Waals surface area contributed by atoms with Crippen molar-refractivity contribution >= 4 is 43.6 Å². The molecular formula is C28H23F2N9O3S. The van der Waals surface area contributed by atoms with Crippen molar-refractivity contribution in [1.29, 1.82) is 0 Å². The molecule has 0 aliphatic heterocycles. The molecule has 218 valence electrons. The zero-order valence-electron chi connectivity index (χ0n) is 22.7. The summed E-state index contributed by atoms with van der Waals surface area (Å²) >= 11 is 0. The summed E-state index contributed by atoms with van der Waals surface area (Å²) < 4.78 is 56.0. The Hall–Kier alpha value is -5.15. The van der Waals surface area contributed by atoms with Crippen LogP contribution in [0.3, 0.4) is 0 Å². The number of carbonyl (C=O) groups excluding carboxylic acids is 1. The average molecular weight is 604 g/mol. The maximum absolute atomic E-state index is 16.1. The Bertz CT molecular complexity index is 2140. The fraction of sp³-hybridized carbons (Fsp3) is 0.143. The van der Waals surface area contributed by atoms with Crippen molar-refractivity contribution < 1.29 is 22.0 Å². The number of halogens is 2. The molecule has 0 atom stereocenters. The number of fused-ring (bicyclic) bond motifs is 2. The lowest BCUT2D eigenvalue weighted by molar-refractivity contribution is -0.115. The third kappa shape index (κ3) is 5.67. The van der Waals surface area contributed by atoms with Crippen molar-refractivity contribution in [1.82, 2.24) is 39.8 Å². The third-order valence-corrected chi connectivity index (χ3v) is 7.26. The number of hydrogen-bond acceptors (Lipinski definition) is 8. The van der Waals surface area contributed by atoms with Crippen LogP contribution in [0.4, 0.5) is 14.5 Å². The van der Waals surface area contributed by atoms with Crippen LogP contribution >= 0.6 is 0 Å². The molecule has 0 bridgehead atoms. The van der Waals surface area contributed by atoms with Crippen LogP contribution in [0.25, 0.3) is 55.8 Å². The predicted octanol–water partition coefficient (Wildman–Crippen LogP) is 4.30. The summed E-state index contributed by atoms with van der Waals surface area (Å²) in [4.78, 5) is 32.2. The summed E-state index contributed by atoms with van der Waals surface area (Å²) in [7, 11) is -3.49. The summed E-state index contributed by atoms with van der Waals surface area (Å²) in [6, 6.07) is 5.74. The predicted molar refractivity (Wildman–Crippen MR) is 156 cm³/mol. The van der Waals surface area contributed by atoms with Gasteiger partial charge in [-0.25, -0.2) is 26.9 Å². The minimum atomic E-state index is -3.49. The van der Waals surface area contributed by atoms with Gasteiger partial charge in [0.25, 0.3) is 0 Å². The smallest absolute Gasteiger partial charge is 0.224 e. The molecule has 1 amide bonds. The first-order chi connectivity index (χ1) is 20.6. The molecule has 0 radical (unpaired) electrons. The van der Waals surface area contributed by atoms with Gasteiger partial charge in [0.05, 0.1) is 52.5 Å². The highest BCUT2D eigenvalue weighted by Gasteiger charge is 2.22. The van der Waals surface area contributed by atoms with E-state index in [2.05, 4.69) is 45.2 Å². The van der Waals surface area contributed by atoms with Gasteiger partial charge in [0, 0.05) is 36.5 Å². The molecule has 1 aromatic carbocycles. The number of rotatable bonds is 8. The molecule has 4 N–H and O–H groups in total. The lowest BCUT2D eigenvalue weighted by Gasteiger charge is -2.07. The van der Waals surface area contributed by atoms with Crippen molar-refractivity contribution in [3.8, 4) is 33.9 Å².